The van der Waals surface area contributed by atoms with Gasteiger partial charge in [-0.3, -0.25) is 4.79 Å². The van der Waals surface area contributed by atoms with E-state index in [9.17, 15) is 18.0 Å². The Labute approximate surface area is 99.9 Å². The molecule has 2 unspecified atom stereocenters. The minimum atomic E-state index is -4.75. The smallest absolute Gasteiger partial charge is 0.351 e. The average Bonchev–Trinajstić information content (AvgIpc) is 2.17. The van der Waals surface area contributed by atoms with Gasteiger partial charge < -0.3 is 11.1 Å². The zero-order valence-electron chi connectivity index (χ0n) is 10.7. The fraction of sp³-hybridized carbons (Fsp3) is 0.909. The summed E-state index contributed by atoms with van der Waals surface area (Å²) in [6, 6.07) is -0.317. The lowest BCUT2D eigenvalue weighted by Gasteiger charge is -2.30. The van der Waals surface area contributed by atoms with E-state index in [1.54, 1.807) is 6.92 Å². The number of carbonyl (C=O) groups excluding carboxylic acids is 1. The van der Waals surface area contributed by atoms with Gasteiger partial charge in [-0.1, -0.05) is 26.7 Å². The minimum absolute atomic E-state index is 0.156. The van der Waals surface area contributed by atoms with Gasteiger partial charge in [-0.25, -0.2) is 0 Å². The number of alkyl halides is 3. The fourth-order valence-electron chi connectivity index (χ4n) is 1.60. The van der Waals surface area contributed by atoms with Crippen LogP contribution in [0.5, 0.6) is 0 Å². The van der Waals surface area contributed by atoms with Gasteiger partial charge in [-0.15, -0.1) is 0 Å². The molecule has 0 bridgehead atoms. The van der Waals surface area contributed by atoms with Crippen LogP contribution in [0.15, 0.2) is 0 Å². The Morgan fingerprint density at radius 1 is 1.29 bits per heavy atom. The van der Waals surface area contributed by atoms with Gasteiger partial charge in [0.25, 0.3) is 0 Å². The highest BCUT2D eigenvalue weighted by Crippen LogP contribution is 2.28. The van der Waals surface area contributed by atoms with Crippen LogP contribution in [0.1, 0.15) is 40.5 Å². The molecule has 2 atom stereocenters. The molecule has 0 aliphatic heterocycles. The van der Waals surface area contributed by atoms with Crippen LogP contribution in [0.25, 0.3) is 0 Å². The first kappa shape index (κ1) is 16.2. The Morgan fingerprint density at radius 3 is 2.00 bits per heavy atom. The Kier molecular flexibility index (Phi) is 5.45. The summed E-state index contributed by atoms with van der Waals surface area (Å²) in [5.74, 6) is -1.02. The van der Waals surface area contributed by atoms with E-state index in [2.05, 4.69) is 5.32 Å². The molecule has 0 aromatic carbocycles. The molecule has 0 spiro atoms. The van der Waals surface area contributed by atoms with Crippen molar-refractivity contribution in [2.75, 3.05) is 0 Å². The van der Waals surface area contributed by atoms with Gasteiger partial charge in [-0.05, 0) is 19.8 Å². The Bertz CT molecular complexity index is 260. The highest BCUT2D eigenvalue weighted by Gasteiger charge is 2.54. The minimum Gasteiger partial charge on any atom is -0.351 e. The molecule has 0 saturated heterocycles. The number of amides is 1. The molecule has 0 rings (SSSR count). The van der Waals surface area contributed by atoms with Gasteiger partial charge in [0.1, 0.15) is 0 Å². The number of rotatable bonds is 5. The van der Waals surface area contributed by atoms with Crippen LogP contribution in [0, 0.1) is 5.92 Å². The van der Waals surface area contributed by atoms with Crippen molar-refractivity contribution in [2.24, 2.45) is 11.7 Å². The maximum Gasteiger partial charge on any atom is 0.415 e. The number of halogens is 3. The molecule has 0 aliphatic carbocycles. The van der Waals surface area contributed by atoms with E-state index in [-0.39, 0.29) is 12.0 Å². The van der Waals surface area contributed by atoms with Crippen LogP contribution < -0.4 is 11.1 Å². The van der Waals surface area contributed by atoms with E-state index in [1.165, 1.54) is 0 Å². The number of carbonyl (C=O) groups is 1. The molecule has 0 aromatic heterocycles. The zero-order valence-corrected chi connectivity index (χ0v) is 10.7. The van der Waals surface area contributed by atoms with Crippen molar-refractivity contribution in [1.29, 1.82) is 0 Å². The lowest BCUT2D eigenvalue weighted by molar-refractivity contribution is -0.187. The molecule has 0 radical (unpaired) electrons. The van der Waals surface area contributed by atoms with Crippen molar-refractivity contribution in [1.82, 2.24) is 5.32 Å². The third-order valence-corrected chi connectivity index (χ3v) is 3.18. The summed E-state index contributed by atoms with van der Waals surface area (Å²) in [6.45, 7) is 6.24. The zero-order chi connectivity index (χ0) is 13.9. The Balaban J connectivity index is 4.65. The number of nitrogens with one attached hydrogen (secondary N) is 1. The molecular weight excluding hydrogens is 233 g/mol. The molecule has 102 valence electrons. The highest BCUT2D eigenvalue weighted by molar-refractivity contribution is 5.86. The van der Waals surface area contributed by atoms with Crippen molar-refractivity contribution >= 4 is 5.91 Å². The molecular formula is C11H21F3N2O. The third kappa shape index (κ3) is 3.87. The van der Waals surface area contributed by atoms with Crippen LogP contribution in [0.4, 0.5) is 13.2 Å². The summed E-state index contributed by atoms with van der Waals surface area (Å²) in [6.07, 6.45) is -3.15. The summed E-state index contributed by atoms with van der Waals surface area (Å²) in [4.78, 5) is 11.5. The van der Waals surface area contributed by atoms with E-state index in [0.29, 0.717) is 6.92 Å². The first-order valence-electron chi connectivity index (χ1n) is 5.74. The predicted molar refractivity (Wildman–Crippen MR) is 60.3 cm³/mol. The van der Waals surface area contributed by atoms with Gasteiger partial charge >= 0.3 is 6.18 Å². The second-order valence-corrected chi connectivity index (χ2v) is 4.54. The van der Waals surface area contributed by atoms with E-state index in [4.69, 9.17) is 5.73 Å². The van der Waals surface area contributed by atoms with Crippen LogP contribution in [-0.4, -0.2) is 23.7 Å². The van der Waals surface area contributed by atoms with E-state index >= 15 is 0 Å². The summed E-state index contributed by atoms with van der Waals surface area (Å²) < 4.78 is 37.5. The molecule has 3 nitrogen and oxygen atoms in total. The number of hydrogen-bond donors (Lipinski definition) is 2. The summed E-state index contributed by atoms with van der Waals surface area (Å²) in [5.41, 5.74) is 2.19. The Morgan fingerprint density at radius 2 is 1.71 bits per heavy atom. The molecule has 1 amide bonds. The van der Waals surface area contributed by atoms with E-state index in [1.807, 2.05) is 13.8 Å². The summed E-state index contributed by atoms with van der Waals surface area (Å²) >= 11 is 0. The standard InChI is InChI=1S/C11H21F3N2O/c1-5-8(6-2)7(3)16-9(17)10(4,15)11(12,13)14/h7-8H,5-6,15H2,1-4H3,(H,16,17). The van der Waals surface area contributed by atoms with E-state index in [0.717, 1.165) is 12.8 Å². The second kappa shape index (κ2) is 5.71. The second-order valence-electron chi connectivity index (χ2n) is 4.54. The first-order valence-corrected chi connectivity index (χ1v) is 5.74. The summed E-state index contributed by atoms with van der Waals surface area (Å²) in [7, 11) is 0. The fourth-order valence-corrected chi connectivity index (χ4v) is 1.60. The quantitative estimate of drug-likeness (QED) is 0.790. The van der Waals surface area contributed by atoms with Crippen molar-refractivity contribution in [3.8, 4) is 0 Å². The van der Waals surface area contributed by atoms with Gasteiger partial charge in [0.2, 0.25) is 5.91 Å². The Hall–Kier alpha value is -0.780. The lowest BCUT2D eigenvalue weighted by Crippen LogP contribution is -2.63. The average molecular weight is 254 g/mol. The van der Waals surface area contributed by atoms with Crippen molar-refractivity contribution in [2.45, 2.75) is 58.3 Å². The molecule has 0 fully saturated rings. The topological polar surface area (TPSA) is 55.1 Å². The maximum absolute atomic E-state index is 12.5. The van der Waals surface area contributed by atoms with Crippen LogP contribution in [-0.2, 0) is 4.79 Å². The van der Waals surface area contributed by atoms with Crippen molar-refractivity contribution in [3.05, 3.63) is 0 Å². The SMILES string of the molecule is CCC(CC)C(C)NC(=O)C(C)(N)C(F)(F)F. The van der Waals surface area contributed by atoms with Crippen molar-refractivity contribution < 1.29 is 18.0 Å². The van der Waals surface area contributed by atoms with E-state index < -0.39 is 17.6 Å². The van der Waals surface area contributed by atoms with Gasteiger partial charge in [0.15, 0.2) is 5.54 Å². The van der Waals surface area contributed by atoms with Crippen LogP contribution >= 0.6 is 0 Å². The monoisotopic (exact) mass is 254 g/mol. The molecule has 0 aliphatic rings. The molecule has 6 heteroatoms. The molecule has 0 heterocycles. The van der Waals surface area contributed by atoms with Crippen molar-refractivity contribution in [3.63, 3.8) is 0 Å². The largest absolute Gasteiger partial charge is 0.415 e. The predicted octanol–water partition coefficient (Wildman–Crippen LogP) is 2.21. The molecule has 3 N–H and O–H groups in total. The normalized spacial score (nSPS) is 17.7. The number of nitrogens with two attached hydrogens (primary N) is 1. The van der Waals surface area contributed by atoms with Gasteiger partial charge in [-0.2, -0.15) is 13.2 Å². The molecule has 17 heavy (non-hydrogen) atoms. The number of hydrogen-bond acceptors (Lipinski definition) is 2. The first-order chi connectivity index (χ1) is 7.57. The maximum atomic E-state index is 12.5. The van der Waals surface area contributed by atoms with Crippen LogP contribution in [0.3, 0.4) is 0 Å². The highest BCUT2D eigenvalue weighted by atomic mass is 19.4. The lowest BCUT2D eigenvalue weighted by atomic mass is 9.94. The van der Waals surface area contributed by atoms with Gasteiger partial charge in [0, 0.05) is 6.04 Å². The summed E-state index contributed by atoms with van der Waals surface area (Å²) in [5, 5.41) is 2.34. The molecule has 0 saturated carbocycles. The molecule has 0 aromatic rings. The van der Waals surface area contributed by atoms with Crippen LogP contribution in [0.2, 0.25) is 0 Å². The van der Waals surface area contributed by atoms with Gasteiger partial charge in [0.05, 0.1) is 0 Å². The third-order valence-electron chi connectivity index (χ3n) is 3.18.